The second kappa shape index (κ2) is 5.23. The molecule has 1 saturated heterocycles. The average molecular weight is 331 g/mol. The zero-order chi connectivity index (χ0) is 16.0. The summed E-state index contributed by atoms with van der Waals surface area (Å²) >= 11 is 0. The van der Waals surface area contributed by atoms with Gasteiger partial charge in [0, 0.05) is 11.6 Å². The number of carbonyl (C=O) groups is 1. The minimum absolute atomic E-state index is 0.174. The van der Waals surface area contributed by atoms with Crippen molar-refractivity contribution in [3.8, 4) is 0 Å². The fourth-order valence-corrected chi connectivity index (χ4v) is 31.5. The first-order valence-corrected chi connectivity index (χ1v) is 17.9. The lowest BCUT2D eigenvalue weighted by molar-refractivity contribution is -0.131. The molecule has 3 nitrogen and oxygen atoms in total. The van der Waals surface area contributed by atoms with Crippen molar-refractivity contribution in [1.29, 1.82) is 0 Å². The lowest BCUT2D eigenvalue weighted by atomic mass is 10.2. The molecule has 1 atom stereocenters. The van der Waals surface area contributed by atoms with E-state index in [0.717, 1.165) is 6.04 Å². The van der Waals surface area contributed by atoms with Crippen molar-refractivity contribution in [3.05, 3.63) is 12.2 Å². The second-order valence-corrected chi connectivity index (χ2v) is 33.0. The summed E-state index contributed by atoms with van der Waals surface area (Å²) in [6.45, 7) is 21.6. The zero-order valence-electron chi connectivity index (χ0n) is 14.3. The Bertz CT molecular complexity index is 429. The first-order chi connectivity index (χ1) is 8.78. The smallest absolute Gasteiger partial charge is 0.319 e. The lowest BCUT2D eigenvalue weighted by Crippen LogP contribution is -2.80. The van der Waals surface area contributed by atoms with Gasteiger partial charge in [0.05, 0.1) is 5.60 Å². The van der Waals surface area contributed by atoms with E-state index < -0.39 is 22.8 Å². The van der Waals surface area contributed by atoms with Crippen LogP contribution < -0.4 is 0 Å². The van der Waals surface area contributed by atoms with E-state index in [1.807, 2.05) is 6.92 Å². The molecule has 20 heavy (non-hydrogen) atoms. The SMILES string of the molecule is C=C(CC)C(=O)O[Si]1(C)CC(C)(C)O[Si](C)(C)[Si]1(C)C. The summed E-state index contributed by atoms with van der Waals surface area (Å²) in [5, 5.41) is 0. The fraction of sp³-hybridized carbons (Fsp3) is 0.786. The third kappa shape index (κ3) is 3.03. The van der Waals surface area contributed by atoms with Gasteiger partial charge < -0.3 is 8.85 Å². The third-order valence-electron chi connectivity index (χ3n) is 5.16. The Kier molecular flexibility index (Phi) is 4.67. The van der Waals surface area contributed by atoms with Crippen LogP contribution in [-0.2, 0) is 13.6 Å². The normalized spacial score (nSPS) is 30.6. The van der Waals surface area contributed by atoms with Crippen LogP contribution in [0.4, 0.5) is 0 Å². The quantitative estimate of drug-likeness (QED) is 0.580. The van der Waals surface area contributed by atoms with Crippen molar-refractivity contribution >= 4 is 28.7 Å². The molecule has 6 heteroatoms. The highest BCUT2D eigenvalue weighted by molar-refractivity contribution is 7.66. The van der Waals surface area contributed by atoms with E-state index in [-0.39, 0.29) is 11.6 Å². The summed E-state index contributed by atoms with van der Waals surface area (Å²) in [5.41, 5.74) is 0.417. The van der Waals surface area contributed by atoms with Crippen LogP contribution in [0.2, 0.25) is 38.8 Å². The van der Waals surface area contributed by atoms with Gasteiger partial charge in [0.2, 0.25) is 7.83 Å². The Morgan fingerprint density at radius 1 is 1.25 bits per heavy atom. The minimum atomic E-state index is -2.11. The summed E-state index contributed by atoms with van der Waals surface area (Å²) < 4.78 is 12.6. The van der Waals surface area contributed by atoms with Crippen molar-refractivity contribution in [2.45, 2.75) is 71.6 Å². The van der Waals surface area contributed by atoms with Crippen molar-refractivity contribution in [3.63, 3.8) is 0 Å². The highest BCUT2D eigenvalue weighted by atomic mass is 29.7. The van der Waals surface area contributed by atoms with E-state index in [4.69, 9.17) is 8.85 Å². The molecule has 1 rings (SSSR count). The summed E-state index contributed by atoms with van der Waals surface area (Å²) in [5.74, 6) is -0.176. The van der Waals surface area contributed by atoms with Crippen LogP contribution in [0.1, 0.15) is 27.2 Å². The van der Waals surface area contributed by atoms with Crippen LogP contribution in [0.3, 0.4) is 0 Å². The molecule has 0 aromatic heterocycles. The molecular weight excluding hydrogens is 300 g/mol. The van der Waals surface area contributed by atoms with Crippen LogP contribution in [0.25, 0.3) is 0 Å². The second-order valence-electron chi connectivity index (χ2n) is 7.75. The van der Waals surface area contributed by atoms with Gasteiger partial charge in [0.15, 0.2) is 7.83 Å². The predicted molar refractivity (Wildman–Crippen MR) is 92.1 cm³/mol. The van der Waals surface area contributed by atoms with Crippen molar-refractivity contribution in [2.24, 2.45) is 0 Å². The summed E-state index contributed by atoms with van der Waals surface area (Å²) in [7, 11) is -5.63. The molecule has 1 aliphatic heterocycles. The maximum atomic E-state index is 12.3. The molecule has 0 aliphatic carbocycles. The van der Waals surface area contributed by atoms with E-state index in [0.29, 0.717) is 12.0 Å². The standard InChI is InChI=1S/C14H30O3Si3/c1-10-12(2)13(15)16-20(9)11-14(3,4)17-18(5,6)19(20,7)8/h2,10-11H2,1,3-9H3. The molecule has 0 saturated carbocycles. The van der Waals surface area contributed by atoms with Crippen molar-refractivity contribution in [2.75, 3.05) is 0 Å². The Morgan fingerprint density at radius 2 is 1.75 bits per heavy atom. The molecule has 0 spiro atoms. The molecular formula is C14H30O3Si3. The molecule has 1 heterocycles. The third-order valence-corrected chi connectivity index (χ3v) is 42.3. The van der Waals surface area contributed by atoms with Crippen molar-refractivity contribution in [1.82, 2.24) is 0 Å². The maximum absolute atomic E-state index is 12.3. The Morgan fingerprint density at radius 3 is 2.20 bits per heavy atom. The van der Waals surface area contributed by atoms with Gasteiger partial charge in [-0.05, 0) is 39.9 Å². The lowest BCUT2D eigenvalue weighted by Gasteiger charge is -2.57. The molecule has 0 N–H and O–H groups in total. The van der Waals surface area contributed by atoms with E-state index in [2.05, 4.69) is 53.2 Å². The molecule has 0 aromatic rings. The monoisotopic (exact) mass is 330 g/mol. The number of rotatable bonds is 3. The predicted octanol–water partition coefficient (Wildman–Crippen LogP) is 3.95. The molecule has 1 fully saturated rings. The Balaban J connectivity index is 3.17. The van der Waals surface area contributed by atoms with Gasteiger partial charge >= 0.3 is 5.97 Å². The molecule has 0 radical (unpaired) electrons. The maximum Gasteiger partial charge on any atom is 0.319 e. The van der Waals surface area contributed by atoms with Crippen molar-refractivity contribution < 1.29 is 13.6 Å². The Labute approximate surface area is 126 Å². The van der Waals surface area contributed by atoms with Gasteiger partial charge in [0.25, 0.3) is 0 Å². The number of hydrogen-bond donors (Lipinski definition) is 0. The van der Waals surface area contributed by atoms with Gasteiger partial charge in [-0.25, -0.2) is 4.79 Å². The van der Waals surface area contributed by atoms with Gasteiger partial charge in [0.1, 0.15) is 7.11 Å². The molecule has 1 unspecified atom stereocenters. The summed E-state index contributed by atoms with van der Waals surface area (Å²) in [6, 6.07) is 0.901. The topological polar surface area (TPSA) is 35.5 Å². The summed E-state index contributed by atoms with van der Waals surface area (Å²) in [4.78, 5) is 12.3. The van der Waals surface area contributed by atoms with Crippen LogP contribution in [0.5, 0.6) is 0 Å². The van der Waals surface area contributed by atoms with Crippen LogP contribution in [-0.4, -0.2) is 34.3 Å². The molecule has 0 amide bonds. The summed E-state index contributed by atoms with van der Waals surface area (Å²) in [6.07, 6.45) is 0.659. The minimum Gasteiger partial charge on any atom is -0.519 e. The first-order valence-electron chi connectivity index (χ1n) is 7.39. The highest BCUT2D eigenvalue weighted by Gasteiger charge is 2.66. The Hall–Kier alpha value is -0.179. The fourth-order valence-electron chi connectivity index (χ4n) is 3.11. The van der Waals surface area contributed by atoms with Crippen LogP contribution >= 0.6 is 0 Å². The van der Waals surface area contributed by atoms with E-state index >= 15 is 0 Å². The van der Waals surface area contributed by atoms with Gasteiger partial charge in [-0.2, -0.15) is 0 Å². The molecule has 0 aromatic carbocycles. The van der Waals surface area contributed by atoms with Gasteiger partial charge in [-0.1, -0.05) is 26.6 Å². The molecule has 0 bridgehead atoms. The molecule has 1 aliphatic rings. The van der Waals surface area contributed by atoms with Gasteiger partial charge in [-0.3, -0.25) is 0 Å². The number of carbonyl (C=O) groups excluding carboxylic acids is 1. The van der Waals surface area contributed by atoms with E-state index in [9.17, 15) is 4.79 Å². The molecule has 116 valence electrons. The number of hydrogen-bond acceptors (Lipinski definition) is 3. The highest BCUT2D eigenvalue weighted by Crippen LogP contribution is 2.44. The van der Waals surface area contributed by atoms with E-state index in [1.54, 1.807) is 0 Å². The van der Waals surface area contributed by atoms with Crippen LogP contribution in [0, 0.1) is 0 Å². The first kappa shape index (κ1) is 17.9. The zero-order valence-corrected chi connectivity index (χ0v) is 17.3. The van der Waals surface area contributed by atoms with Crippen LogP contribution in [0.15, 0.2) is 12.2 Å². The largest absolute Gasteiger partial charge is 0.519 e. The van der Waals surface area contributed by atoms with E-state index in [1.165, 1.54) is 0 Å². The van der Waals surface area contributed by atoms with Gasteiger partial charge in [-0.15, -0.1) is 0 Å². The average Bonchev–Trinajstić information content (AvgIpc) is 2.23.